The maximum atomic E-state index is 13.8. The van der Waals surface area contributed by atoms with E-state index in [-0.39, 0.29) is 11.7 Å². The highest BCUT2D eigenvalue weighted by atomic mass is 19.2. The highest BCUT2D eigenvalue weighted by Gasteiger charge is 2.40. The molecular formula is C21H24F2N6O3. The average molecular weight is 446 g/mol. The Kier molecular flexibility index (Phi) is 5.92. The van der Waals surface area contributed by atoms with E-state index in [2.05, 4.69) is 25.5 Å². The quantitative estimate of drug-likeness (QED) is 0.625. The zero-order chi connectivity index (χ0) is 22.9. The van der Waals surface area contributed by atoms with Crippen LogP contribution in [0.5, 0.6) is 0 Å². The maximum Gasteiger partial charge on any atom is 0.329 e. The molecular weight excluding hydrogens is 422 g/mol. The molecule has 3 N–H and O–H groups in total. The van der Waals surface area contributed by atoms with Gasteiger partial charge in [-0.2, -0.15) is 0 Å². The van der Waals surface area contributed by atoms with Crippen molar-refractivity contribution in [2.24, 2.45) is 0 Å². The number of nitrogens with one attached hydrogen (secondary N) is 2. The van der Waals surface area contributed by atoms with Crippen LogP contribution in [0.2, 0.25) is 0 Å². The van der Waals surface area contributed by atoms with Gasteiger partial charge in [-0.15, -0.1) is 0 Å². The van der Waals surface area contributed by atoms with Gasteiger partial charge < -0.3 is 15.3 Å². The lowest BCUT2D eigenvalue weighted by molar-refractivity contribution is -0.0103. The lowest BCUT2D eigenvalue weighted by Crippen LogP contribution is -2.49. The molecule has 3 atom stereocenters. The summed E-state index contributed by atoms with van der Waals surface area (Å²) in [5, 5.41) is 14.9. The fourth-order valence-electron chi connectivity index (χ4n) is 3.79. The molecule has 1 unspecified atom stereocenters. The number of anilines is 3. The summed E-state index contributed by atoms with van der Waals surface area (Å²) in [5.74, 6) is 0.0588. The van der Waals surface area contributed by atoms with Crippen LogP contribution in [0.3, 0.4) is 0 Å². The van der Waals surface area contributed by atoms with E-state index in [1.807, 2.05) is 0 Å². The predicted molar refractivity (Wildman–Crippen MR) is 114 cm³/mol. The van der Waals surface area contributed by atoms with Crippen molar-refractivity contribution in [2.45, 2.75) is 31.2 Å². The Bertz CT molecular complexity index is 1010. The van der Waals surface area contributed by atoms with E-state index in [1.54, 1.807) is 30.5 Å². The van der Waals surface area contributed by atoms with E-state index in [1.165, 1.54) is 11.0 Å². The Balaban J connectivity index is 1.55. The topological polar surface area (TPSA) is 111 Å². The molecule has 11 heteroatoms. The molecule has 2 aliphatic heterocycles. The number of halogens is 2. The highest BCUT2D eigenvalue weighted by Crippen LogP contribution is 2.39. The number of hydrogen-bond acceptors (Lipinski definition) is 6. The molecule has 9 nitrogen and oxygen atoms in total. The number of aromatic nitrogens is 2. The Morgan fingerprint density at radius 3 is 2.88 bits per heavy atom. The minimum absolute atomic E-state index is 0.00473. The molecule has 4 heterocycles. The van der Waals surface area contributed by atoms with Crippen LogP contribution in [0.1, 0.15) is 23.8 Å². The van der Waals surface area contributed by atoms with Crippen molar-refractivity contribution in [2.75, 3.05) is 41.4 Å². The summed E-state index contributed by atoms with van der Waals surface area (Å²) in [4.78, 5) is 37.8. The zero-order valence-corrected chi connectivity index (χ0v) is 17.5. The first kappa shape index (κ1) is 21.9. The summed E-state index contributed by atoms with van der Waals surface area (Å²) in [7, 11) is 0. The number of carbonyl (C=O) groups excluding carboxylic acids is 2. The third-order valence-corrected chi connectivity index (χ3v) is 5.72. The monoisotopic (exact) mass is 446 g/mol. The molecule has 0 radical (unpaired) electrons. The number of carbonyl (C=O) groups is 2. The third-order valence-electron chi connectivity index (χ3n) is 5.72. The second kappa shape index (κ2) is 8.65. The molecule has 2 bridgehead atoms. The molecule has 0 spiro atoms. The first-order chi connectivity index (χ1) is 15.3. The van der Waals surface area contributed by atoms with Gasteiger partial charge in [-0.05, 0) is 37.6 Å². The van der Waals surface area contributed by atoms with E-state index in [9.17, 15) is 23.5 Å². The minimum Gasteiger partial charge on any atom is -0.388 e. The Morgan fingerprint density at radius 2 is 2.16 bits per heavy atom. The Labute approximate surface area is 183 Å². The first-order valence-electron chi connectivity index (χ1n) is 10.3. The van der Waals surface area contributed by atoms with Crippen molar-refractivity contribution in [3.63, 3.8) is 0 Å². The van der Waals surface area contributed by atoms with E-state index in [0.717, 1.165) is 25.6 Å². The number of alkyl halides is 2. The third kappa shape index (κ3) is 4.20. The van der Waals surface area contributed by atoms with Gasteiger partial charge in [0.2, 0.25) is 0 Å². The largest absolute Gasteiger partial charge is 0.388 e. The maximum absolute atomic E-state index is 13.8. The number of aliphatic hydroxyl groups is 1. The molecule has 0 saturated carbocycles. The summed E-state index contributed by atoms with van der Waals surface area (Å²) in [6.45, 7) is 0.470. The molecule has 0 aromatic carbocycles. The summed E-state index contributed by atoms with van der Waals surface area (Å²) >= 11 is 0. The first-order valence-corrected chi connectivity index (χ1v) is 10.3. The van der Waals surface area contributed by atoms with Crippen molar-refractivity contribution in [3.8, 4) is 0 Å². The SMILES string of the molecule is CC(F)(CF)[C@H](O)CNC(=O)c1ccc2c(n1)N(C(=O)Nc1ccccn1)[C@H]1CCN2C1. The second-order valence-electron chi connectivity index (χ2n) is 8.08. The molecule has 2 aromatic heterocycles. The smallest absolute Gasteiger partial charge is 0.329 e. The fourth-order valence-corrected chi connectivity index (χ4v) is 3.79. The van der Waals surface area contributed by atoms with Gasteiger partial charge in [0.15, 0.2) is 11.5 Å². The van der Waals surface area contributed by atoms with Crippen LogP contribution in [0.25, 0.3) is 0 Å². The molecule has 1 saturated heterocycles. The number of amides is 3. The van der Waals surface area contributed by atoms with Gasteiger partial charge in [0.25, 0.3) is 5.91 Å². The van der Waals surface area contributed by atoms with Gasteiger partial charge in [0.1, 0.15) is 24.3 Å². The normalized spacial score (nSPS) is 19.7. The van der Waals surface area contributed by atoms with E-state index >= 15 is 0 Å². The van der Waals surface area contributed by atoms with Crippen LogP contribution in [0.4, 0.5) is 30.9 Å². The molecule has 170 valence electrons. The Morgan fingerprint density at radius 1 is 1.34 bits per heavy atom. The average Bonchev–Trinajstić information content (AvgIpc) is 3.21. The number of rotatable bonds is 6. The number of nitrogens with zero attached hydrogens (tertiary/aromatic N) is 4. The number of urea groups is 1. The number of aliphatic hydroxyl groups excluding tert-OH is 1. The van der Waals surface area contributed by atoms with E-state index in [0.29, 0.717) is 18.2 Å². The lowest BCUT2D eigenvalue weighted by Gasteiger charge is -2.35. The molecule has 2 aliphatic rings. The summed E-state index contributed by atoms with van der Waals surface area (Å²) in [5.41, 5.74) is -1.75. The van der Waals surface area contributed by atoms with Gasteiger partial charge >= 0.3 is 6.03 Å². The van der Waals surface area contributed by atoms with Crippen LogP contribution < -0.4 is 20.4 Å². The predicted octanol–water partition coefficient (Wildman–Crippen LogP) is 1.90. The van der Waals surface area contributed by atoms with Crippen molar-refractivity contribution in [1.82, 2.24) is 15.3 Å². The van der Waals surface area contributed by atoms with Crippen molar-refractivity contribution in [3.05, 3.63) is 42.2 Å². The number of fused-ring (bicyclic) bond motifs is 4. The van der Waals surface area contributed by atoms with Crippen LogP contribution in [-0.4, -0.2) is 71.1 Å². The molecule has 1 fully saturated rings. The van der Waals surface area contributed by atoms with Gasteiger partial charge in [-0.1, -0.05) is 6.07 Å². The van der Waals surface area contributed by atoms with Crippen molar-refractivity contribution < 1.29 is 23.5 Å². The molecule has 0 aliphatic carbocycles. The molecule has 32 heavy (non-hydrogen) atoms. The summed E-state index contributed by atoms with van der Waals surface area (Å²) < 4.78 is 26.5. The molecule has 4 rings (SSSR count). The van der Waals surface area contributed by atoms with Gasteiger partial charge in [-0.25, -0.2) is 23.5 Å². The summed E-state index contributed by atoms with van der Waals surface area (Å²) in [6, 6.07) is 7.84. The number of hydrogen-bond donors (Lipinski definition) is 3. The lowest BCUT2D eigenvalue weighted by atomic mass is 10.0. The second-order valence-corrected chi connectivity index (χ2v) is 8.08. The van der Waals surface area contributed by atoms with Crippen LogP contribution >= 0.6 is 0 Å². The molecule has 3 amide bonds. The van der Waals surface area contributed by atoms with Gasteiger partial charge in [0, 0.05) is 25.8 Å². The van der Waals surface area contributed by atoms with E-state index < -0.39 is 36.9 Å². The highest BCUT2D eigenvalue weighted by molar-refractivity contribution is 6.05. The van der Waals surface area contributed by atoms with Crippen LogP contribution in [0.15, 0.2) is 36.5 Å². The van der Waals surface area contributed by atoms with Crippen molar-refractivity contribution >= 4 is 29.3 Å². The Hall–Kier alpha value is -3.34. The van der Waals surface area contributed by atoms with E-state index in [4.69, 9.17) is 0 Å². The standard InChI is InChI=1S/C21H24F2N6O3/c1-21(23,12-22)16(30)10-25-19(31)14-5-6-15-18(26-14)29(13-7-9-28(15)11-13)20(32)27-17-4-2-3-8-24-17/h2-6,8,13,16,30H,7,9-12H2,1H3,(H,25,31)(H,24,27,32)/t13-,16+,21?/m0/s1. The fraction of sp³-hybridized carbons (Fsp3) is 0.429. The number of pyridine rings is 2. The zero-order valence-electron chi connectivity index (χ0n) is 17.5. The van der Waals surface area contributed by atoms with Crippen LogP contribution in [0, 0.1) is 0 Å². The van der Waals surface area contributed by atoms with Gasteiger partial charge in [0.05, 0.1) is 11.7 Å². The van der Waals surface area contributed by atoms with Crippen LogP contribution in [-0.2, 0) is 0 Å². The van der Waals surface area contributed by atoms with Crippen molar-refractivity contribution in [1.29, 1.82) is 0 Å². The summed E-state index contributed by atoms with van der Waals surface area (Å²) in [6.07, 6.45) is 0.604. The van der Waals surface area contributed by atoms with Gasteiger partial charge in [-0.3, -0.25) is 15.0 Å². The minimum atomic E-state index is -2.47. The molecule has 2 aromatic rings.